The number of methoxy groups -OCH3 is 1. The zero-order chi connectivity index (χ0) is 11.4. The van der Waals surface area contributed by atoms with Gasteiger partial charge in [0.25, 0.3) is 0 Å². The van der Waals surface area contributed by atoms with E-state index in [4.69, 9.17) is 0 Å². The van der Waals surface area contributed by atoms with Gasteiger partial charge in [-0.15, -0.1) is 0 Å². The monoisotopic (exact) mass is 211 g/mol. The van der Waals surface area contributed by atoms with E-state index < -0.39 is 11.9 Å². The molecule has 0 saturated heterocycles. The van der Waals surface area contributed by atoms with E-state index in [2.05, 4.69) is 10.1 Å². The van der Waals surface area contributed by atoms with E-state index in [0.717, 1.165) is 6.07 Å². The second-order valence-electron chi connectivity index (χ2n) is 2.87. The number of hydrogen-bond donors (Lipinski definition) is 1. The Bertz CT molecular complexity index is 404. The van der Waals surface area contributed by atoms with Gasteiger partial charge in [0.2, 0.25) is 0 Å². The third-order valence-corrected chi connectivity index (χ3v) is 1.80. The summed E-state index contributed by atoms with van der Waals surface area (Å²) in [6.07, 6.45) is -0.760. The average molecular weight is 211 g/mol. The van der Waals surface area contributed by atoms with Gasteiger partial charge in [-0.3, -0.25) is 10.1 Å². The van der Waals surface area contributed by atoms with E-state index in [1.54, 1.807) is 0 Å². The summed E-state index contributed by atoms with van der Waals surface area (Å²) in [4.78, 5) is 21.7. The summed E-state index contributed by atoms with van der Waals surface area (Å²) in [7, 11) is 1.18. The molecule has 0 bridgehead atoms. The molecule has 0 radical (unpaired) electrons. The molecule has 1 N–H and O–H groups in total. The lowest BCUT2D eigenvalue weighted by molar-refractivity contribution is 0.101. The maximum absolute atomic E-state index is 13.3. The first-order valence-electron chi connectivity index (χ1n) is 4.20. The molecule has 0 aromatic heterocycles. The fraction of sp³-hybridized carbons (Fsp3) is 0.200. The van der Waals surface area contributed by atoms with Crippen molar-refractivity contribution < 1.29 is 18.7 Å². The van der Waals surface area contributed by atoms with Gasteiger partial charge in [-0.2, -0.15) is 0 Å². The predicted octanol–water partition coefficient (Wildman–Crippen LogP) is 2.21. The molecule has 1 aromatic carbocycles. The minimum atomic E-state index is -0.760. The van der Waals surface area contributed by atoms with Crippen LogP contribution in [-0.2, 0) is 4.74 Å². The number of amides is 1. The molecular weight excluding hydrogens is 201 g/mol. The number of ether oxygens (including phenoxy) is 1. The molecule has 0 unspecified atom stereocenters. The minimum Gasteiger partial charge on any atom is -0.453 e. The summed E-state index contributed by atoms with van der Waals surface area (Å²) >= 11 is 0. The largest absolute Gasteiger partial charge is 0.453 e. The van der Waals surface area contributed by atoms with Gasteiger partial charge in [-0.1, -0.05) is 0 Å². The first-order valence-corrected chi connectivity index (χ1v) is 4.20. The zero-order valence-electron chi connectivity index (χ0n) is 8.33. The van der Waals surface area contributed by atoms with Crippen LogP contribution >= 0.6 is 0 Å². The molecule has 0 atom stereocenters. The van der Waals surface area contributed by atoms with Gasteiger partial charge < -0.3 is 4.74 Å². The molecule has 1 amide bonds. The van der Waals surface area contributed by atoms with Gasteiger partial charge in [0, 0.05) is 5.56 Å². The van der Waals surface area contributed by atoms with Gasteiger partial charge in [0.1, 0.15) is 5.82 Å². The summed E-state index contributed by atoms with van der Waals surface area (Å²) < 4.78 is 17.6. The summed E-state index contributed by atoms with van der Waals surface area (Å²) in [6, 6.07) is 3.80. The molecular formula is C10H10FNO3. The van der Waals surface area contributed by atoms with E-state index >= 15 is 0 Å². The van der Waals surface area contributed by atoms with E-state index in [9.17, 15) is 14.0 Å². The van der Waals surface area contributed by atoms with Crippen molar-refractivity contribution in [1.82, 2.24) is 0 Å². The van der Waals surface area contributed by atoms with Crippen LogP contribution in [0.4, 0.5) is 14.9 Å². The van der Waals surface area contributed by atoms with Crippen LogP contribution in [0.2, 0.25) is 0 Å². The number of benzene rings is 1. The van der Waals surface area contributed by atoms with Crippen LogP contribution in [0.3, 0.4) is 0 Å². The van der Waals surface area contributed by atoms with Crippen molar-refractivity contribution in [2.75, 3.05) is 12.4 Å². The fourth-order valence-corrected chi connectivity index (χ4v) is 0.996. The van der Waals surface area contributed by atoms with Crippen molar-refractivity contribution >= 4 is 17.6 Å². The summed E-state index contributed by atoms with van der Waals surface area (Å²) in [5, 5.41) is 2.18. The van der Waals surface area contributed by atoms with Gasteiger partial charge in [-0.05, 0) is 25.1 Å². The smallest absolute Gasteiger partial charge is 0.411 e. The quantitative estimate of drug-likeness (QED) is 0.763. The molecule has 4 nitrogen and oxygen atoms in total. The van der Waals surface area contributed by atoms with E-state index in [-0.39, 0.29) is 17.0 Å². The number of Topliss-reactive ketones (excluding diaryl/α,β-unsaturated/α-hetero) is 1. The van der Waals surface area contributed by atoms with Crippen molar-refractivity contribution in [3.63, 3.8) is 0 Å². The molecule has 0 fully saturated rings. The third-order valence-electron chi connectivity index (χ3n) is 1.80. The number of carbonyl (C=O) groups is 2. The second kappa shape index (κ2) is 4.54. The van der Waals surface area contributed by atoms with Crippen molar-refractivity contribution in [3.8, 4) is 0 Å². The molecule has 0 heterocycles. The molecule has 0 spiro atoms. The second-order valence-corrected chi connectivity index (χ2v) is 2.87. The summed E-state index contributed by atoms with van der Waals surface area (Å²) in [5.41, 5.74) is 0.231. The highest BCUT2D eigenvalue weighted by Crippen LogP contribution is 2.16. The molecule has 1 aromatic rings. The number of carbonyl (C=O) groups excluding carboxylic acids is 2. The topological polar surface area (TPSA) is 55.4 Å². The molecule has 1 rings (SSSR count). The number of anilines is 1. The maximum atomic E-state index is 13.3. The van der Waals surface area contributed by atoms with Crippen LogP contribution in [-0.4, -0.2) is 19.0 Å². The van der Waals surface area contributed by atoms with Crippen molar-refractivity contribution in [2.45, 2.75) is 6.92 Å². The van der Waals surface area contributed by atoms with Gasteiger partial charge in [0.05, 0.1) is 12.8 Å². The normalized spacial score (nSPS) is 9.53. The highest BCUT2D eigenvalue weighted by atomic mass is 19.1. The summed E-state index contributed by atoms with van der Waals surface area (Å²) in [6.45, 7) is 1.34. The third kappa shape index (κ3) is 2.77. The fourth-order valence-electron chi connectivity index (χ4n) is 0.996. The van der Waals surface area contributed by atoms with Crippen LogP contribution in [0.5, 0.6) is 0 Å². The Morgan fingerprint density at radius 1 is 1.40 bits per heavy atom. The molecule has 0 aliphatic carbocycles. The molecule has 0 aliphatic rings. The number of ketones is 1. The van der Waals surface area contributed by atoms with Crippen LogP contribution in [0.15, 0.2) is 18.2 Å². The number of rotatable bonds is 2. The van der Waals surface area contributed by atoms with Crippen LogP contribution in [0, 0.1) is 5.82 Å². The standard InChI is InChI=1S/C10H10FNO3/c1-6(13)7-3-4-9(8(11)5-7)12-10(14)15-2/h3-5H,1-2H3,(H,12,14). The number of halogens is 1. The molecule has 5 heteroatoms. The Balaban J connectivity index is 2.93. The number of hydrogen-bond acceptors (Lipinski definition) is 3. The van der Waals surface area contributed by atoms with Crippen molar-refractivity contribution in [2.24, 2.45) is 0 Å². The molecule has 0 saturated carbocycles. The lowest BCUT2D eigenvalue weighted by Gasteiger charge is -2.05. The van der Waals surface area contributed by atoms with E-state index in [1.165, 1.54) is 26.2 Å². The van der Waals surface area contributed by atoms with E-state index in [0.29, 0.717) is 0 Å². The van der Waals surface area contributed by atoms with Crippen LogP contribution in [0.1, 0.15) is 17.3 Å². The lowest BCUT2D eigenvalue weighted by atomic mass is 10.1. The van der Waals surface area contributed by atoms with Crippen molar-refractivity contribution in [3.05, 3.63) is 29.6 Å². The average Bonchev–Trinajstić information content (AvgIpc) is 2.20. The molecule has 0 aliphatic heterocycles. The van der Waals surface area contributed by atoms with Crippen LogP contribution in [0.25, 0.3) is 0 Å². The number of nitrogens with one attached hydrogen (secondary N) is 1. The van der Waals surface area contributed by atoms with Gasteiger partial charge >= 0.3 is 6.09 Å². The Labute approximate surface area is 86.0 Å². The lowest BCUT2D eigenvalue weighted by Crippen LogP contribution is -2.12. The van der Waals surface area contributed by atoms with E-state index in [1.807, 2.05) is 0 Å². The summed E-state index contributed by atoms with van der Waals surface area (Å²) in [5.74, 6) is -0.911. The van der Waals surface area contributed by atoms with Gasteiger partial charge in [-0.25, -0.2) is 9.18 Å². The highest BCUT2D eigenvalue weighted by Gasteiger charge is 2.08. The Morgan fingerprint density at radius 2 is 2.07 bits per heavy atom. The Hall–Kier alpha value is -1.91. The molecule has 15 heavy (non-hydrogen) atoms. The Morgan fingerprint density at radius 3 is 2.53 bits per heavy atom. The highest BCUT2D eigenvalue weighted by molar-refractivity contribution is 5.95. The minimum absolute atomic E-state index is 0.0214. The zero-order valence-corrected chi connectivity index (χ0v) is 8.33. The molecule has 80 valence electrons. The maximum Gasteiger partial charge on any atom is 0.411 e. The van der Waals surface area contributed by atoms with Crippen LogP contribution < -0.4 is 5.32 Å². The predicted molar refractivity (Wildman–Crippen MR) is 52.4 cm³/mol. The first-order chi connectivity index (χ1) is 7.04. The Kier molecular flexibility index (Phi) is 3.38. The van der Waals surface area contributed by atoms with Gasteiger partial charge in [0.15, 0.2) is 5.78 Å². The SMILES string of the molecule is COC(=O)Nc1ccc(C(C)=O)cc1F. The van der Waals surface area contributed by atoms with Crippen molar-refractivity contribution in [1.29, 1.82) is 0 Å². The first kappa shape index (κ1) is 11.2.